The summed E-state index contributed by atoms with van der Waals surface area (Å²) in [5, 5.41) is 3.51. The third-order valence-corrected chi connectivity index (χ3v) is 4.70. The molecule has 1 heterocycles. The molecule has 0 aliphatic rings. The van der Waals surface area contributed by atoms with Gasteiger partial charge < -0.3 is 4.74 Å². The fourth-order valence-electron chi connectivity index (χ4n) is 1.52. The minimum absolute atomic E-state index is 0.221. The Morgan fingerprint density at radius 1 is 1.53 bits per heavy atom. The van der Waals surface area contributed by atoms with Crippen molar-refractivity contribution >= 4 is 44.8 Å². The SMILES string of the molecule is COC(=O)CCc1csc(-c2ccc(Br)c(Cl)c2)n1. The van der Waals surface area contributed by atoms with Crippen LogP contribution in [-0.2, 0) is 16.0 Å². The highest BCUT2D eigenvalue weighted by Crippen LogP contribution is 2.30. The van der Waals surface area contributed by atoms with E-state index in [4.69, 9.17) is 11.6 Å². The summed E-state index contributed by atoms with van der Waals surface area (Å²) in [6, 6.07) is 5.72. The summed E-state index contributed by atoms with van der Waals surface area (Å²) < 4.78 is 5.47. The Balaban J connectivity index is 2.12. The fourth-order valence-corrected chi connectivity index (χ4v) is 2.79. The summed E-state index contributed by atoms with van der Waals surface area (Å²) in [5.74, 6) is -0.221. The highest BCUT2D eigenvalue weighted by atomic mass is 79.9. The first-order valence-corrected chi connectivity index (χ1v) is 7.62. The van der Waals surface area contributed by atoms with Crippen molar-refractivity contribution in [3.05, 3.63) is 38.8 Å². The van der Waals surface area contributed by atoms with Gasteiger partial charge in [0.2, 0.25) is 0 Å². The largest absolute Gasteiger partial charge is 0.469 e. The molecular weight excluding hydrogens is 350 g/mol. The minimum Gasteiger partial charge on any atom is -0.469 e. The second-order valence-corrected chi connectivity index (χ2v) is 5.97. The van der Waals surface area contributed by atoms with Gasteiger partial charge >= 0.3 is 5.97 Å². The number of carbonyl (C=O) groups excluding carboxylic acids is 1. The molecule has 2 rings (SSSR count). The van der Waals surface area contributed by atoms with Crippen LogP contribution in [0.4, 0.5) is 0 Å². The number of esters is 1. The zero-order valence-corrected chi connectivity index (χ0v) is 13.3. The molecule has 0 N–H and O–H groups in total. The second kappa shape index (κ2) is 6.50. The number of nitrogens with zero attached hydrogens (tertiary/aromatic N) is 1. The van der Waals surface area contributed by atoms with Gasteiger partial charge in [0, 0.05) is 21.8 Å². The van der Waals surface area contributed by atoms with Gasteiger partial charge in [-0.3, -0.25) is 4.79 Å². The van der Waals surface area contributed by atoms with Crippen LogP contribution in [0.15, 0.2) is 28.1 Å². The summed E-state index contributed by atoms with van der Waals surface area (Å²) in [5.41, 5.74) is 1.87. The van der Waals surface area contributed by atoms with Crippen molar-refractivity contribution in [1.29, 1.82) is 0 Å². The third kappa shape index (κ3) is 3.78. The van der Waals surface area contributed by atoms with Crippen LogP contribution in [0.5, 0.6) is 0 Å². The number of thiazole rings is 1. The van der Waals surface area contributed by atoms with Gasteiger partial charge in [0.05, 0.1) is 24.2 Å². The molecule has 0 aliphatic heterocycles. The van der Waals surface area contributed by atoms with Gasteiger partial charge in [0.15, 0.2) is 0 Å². The maximum Gasteiger partial charge on any atom is 0.305 e. The Kier molecular flexibility index (Phi) is 4.96. The number of methoxy groups -OCH3 is 1. The number of carbonyl (C=O) groups is 1. The maximum absolute atomic E-state index is 11.1. The van der Waals surface area contributed by atoms with E-state index in [0.29, 0.717) is 17.9 Å². The van der Waals surface area contributed by atoms with E-state index >= 15 is 0 Å². The molecule has 0 saturated carbocycles. The van der Waals surface area contributed by atoms with Crippen molar-refractivity contribution in [3.8, 4) is 10.6 Å². The zero-order valence-electron chi connectivity index (χ0n) is 10.2. The van der Waals surface area contributed by atoms with Gasteiger partial charge in [0.25, 0.3) is 0 Å². The van der Waals surface area contributed by atoms with E-state index in [9.17, 15) is 4.79 Å². The second-order valence-electron chi connectivity index (χ2n) is 3.85. The molecule has 0 fully saturated rings. The molecule has 0 amide bonds. The molecule has 1 aromatic carbocycles. The number of benzene rings is 1. The molecule has 0 bridgehead atoms. The third-order valence-electron chi connectivity index (χ3n) is 2.53. The molecule has 6 heteroatoms. The van der Waals surface area contributed by atoms with Crippen LogP contribution in [-0.4, -0.2) is 18.1 Å². The Bertz CT molecular complexity index is 600. The van der Waals surface area contributed by atoms with E-state index in [2.05, 4.69) is 25.7 Å². The van der Waals surface area contributed by atoms with Crippen LogP contribution in [0.1, 0.15) is 12.1 Å². The molecule has 2 aromatic rings. The summed E-state index contributed by atoms with van der Waals surface area (Å²) in [7, 11) is 1.39. The van der Waals surface area contributed by atoms with E-state index in [1.165, 1.54) is 18.4 Å². The van der Waals surface area contributed by atoms with E-state index < -0.39 is 0 Å². The number of hydrogen-bond donors (Lipinski definition) is 0. The highest BCUT2D eigenvalue weighted by Gasteiger charge is 2.08. The van der Waals surface area contributed by atoms with Crippen LogP contribution in [0, 0.1) is 0 Å². The predicted octanol–water partition coefficient (Wildman–Crippen LogP) is 4.33. The first-order valence-electron chi connectivity index (χ1n) is 5.57. The normalized spacial score (nSPS) is 10.5. The number of ether oxygens (including phenoxy) is 1. The smallest absolute Gasteiger partial charge is 0.305 e. The molecule has 0 radical (unpaired) electrons. The number of rotatable bonds is 4. The first-order chi connectivity index (χ1) is 9.10. The van der Waals surface area contributed by atoms with Crippen molar-refractivity contribution in [1.82, 2.24) is 4.98 Å². The van der Waals surface area contributed by atoms with Crippen molar-refractivity contribution in [2.45, 2.75) is 12.8 Å². The molecule has 0 aliphatic carbocycles. The lowest BCUT2D eigenvalue weighted by molar-refractivity contribution is -0.140. The van der Waals surface area contributed by atoms with Crippen LogP contribution in [0.25, 0.3) is 10.6 Å². The van der Waals surface area contributed by atoms with Gasteiger partial charge in [-0.1, -0.05) is 17.7 Å². The van der Waals surface area contributed by atoms with Crippen molar-refractivity contribution in [2.75, 3.05) is 7.11 Å². The molecule has 1 aromatic heterocycles. The number of aromatic nitrogens is 1. The standard InChI is InChI=1S/C13H11BrClNO2S/c1-18-12(17)5-3-9-7-19-13(16-9)8-2-4-10(14)11(15)6-8/h2,4,6-7H,3,5H2,1H3. The fraction of sp³-hybridized carbons (Fsp3) is 0.231. The average Bonchev–Trinajstić information content (AvgIpc) is 2.88. The molecule has 19 heavy (non-hydrogen) atoms. The topological polar surface area (TPSA) is 39.2 Å². The molecule has 0 atom stereocenters. The monoisotopic (exact) mass is 359 g/mol. The predicted molar refractivity (Wildman–Crippen MR) is 80.6 cm³/mol. The van der Waals surface area contributed by atoms with Gasteiger partial charge in [0.1, 0.15) is 5.01 Å². The Labute approximate surface area is 128 Å². The molecule has 0 saturated heterocycles. The van der Waals surface area contributed by atoms with Crippen molar-refractivity contribution in [2.24, 2.45) is 0 Å². The molecule has 0 spiro atoms. The average molecular weight is 361 g/mol. The van der Waals surface area contributed by atoms with Gasteiger partial charge in [-0.15, -0.1) is 11.3 Å². The Hall–Kier alpha value is -0.910. The number of halogens is 2. The van der Waals surface area contributed by atoms with E-state index in [1.54, 1.807) is 0 Å². The Morgan fingerprint density at radius 3 is 3.00 bits per heavy atom. The van der Waals surface area contributed by atoms with E-state index in [-0.39, 0.29) is 5.97 Å². The van der Waals surface area contributed by atoms with Crippen molar-refractivity contribution in [3.63, 3.8) is 0 Å². The summed E-state index contributed by atoms with van der Waals surface area (Å²) in [4.78, 5) is 15.6. The van der Waals surface area contributed by atoms with E-state index in [1.807, 2.05) is 23.6 Å². The highest BCUT2D eigenvalue weighted by molar-refractivity contribution is 9.10. The molecule has 0 unspecified atom stereocenters. The van der Waals surface area contributed by atoms with E-state index in [0.717, 1.165) is 20.7 Å². The van der Waals surface area contributed by atoms with Gasteiger partial charge in [-0.05, 0) is 28.1 Å². The summed E-state index contributed by atoms with van der Waals surface area (Å²) in [6.07, 6.45) is 0.939. The Morgan fingerprint density at radius 2 is 2.32 bits per heavy atom. The van der Waals surface area contributed by atoms with Crippen LogP contribution in [0.2, 0.25) is 5.02 Å². The number of aryl methyl sites for hydroxylation is 1. The first kappa shape index (κ1) is 14.5. The number of hydrogen-bond acceptors (Lipinski definition) is 4. The quantitative estimate of drug-likeness (QED) is 0.762. The van der Waals surface area contributed by atoms with Gasteiger partial charge in [-0.25, -0.2) is 4.98 Å². The summed E-state index contributed by atoms with van der Waals surface area (Å²) in [6.45, 7) is 0. The van der Waals surface area contributed by atoms with Crippen LogP contribution in [0.3, 0.4) is 0 Å². The van der Waals surface area contributed by atoms with Gasteiger partial charge in [-0.2, -0.15) is 0 Å². The molecular formula is C13H11BrClNO2S. The van der Waals surface area contributed by atoms with Crippen molar-refractivity contribution < 1.29 is 9.53 Å². The summed E-state index contributed by atoms with van der Waals surface area (Å²) >= 11 is 11.0. The lowest BCUT2D eigenvalue weighted by Crippen LogP contribution is -2.01. The zero-order chi connectivity index (χ0) is 13.8. The lowest BCUT2D eigenvalue weighted by atomic mass is 10.2. The molecule has 3 nitrogen and oxygen atoms in total. The lowest BCUT2D eigenvalue weighted by Gasteiger charge is -1.99. The maximum atomic E-state index is 11.1. The minimum atomic E-state index is -0.221. The van der Waals surface area contributed by atoms with Crippen LogP contribution < -0.4 is 0 Å². The molecule has 100 valence electrons. The van der Waals surface area contributed by atoms with Crippen LogP contribution >= 0.6 is 38.9 Å².